The van der Waals surface area contributed by atoms with Crippen molar-refractivity contribution in [1.82, 2.24) is 0 Å². The zero-order valence-corrected chi connectivity index (χ0v) is 12.1. The highest BCUT2D eigenvalue weighted by atomic mass is 35.5. The molecule has 0 fully saturated rings. The second-order valence-corrected chi connectivity index (χ2v) is 5.55. The van der Waals surface area contributed by atoms with Crippen LogP contribution in [0.2, 0.25) is 5.02 Å². The van der Waals surface area contributed by atoms with Crippen LogP contribution in [0.25, 0.3) is 0 Å². The predicted molar refractivity (Wildman–Crippen MR) is 78.7 cm³/mol. The first-order chi connectivity index (χ1) is 9.49. The molecule has 0 atom stereocenters. The summed E-state index contributed by atoms with van der Waals surface area (Å²) in [5.41, 5.74) is -0.0759. The van der Waals surface area contributed by atoms with Crippen molar-refractivity contribution >= 4 is 34.8 Å². The topological polar surface area (TPSA) is 60.2 Å². The quantitative estimate of drug-likeness (QED) is 0.470. The SMILES string of the molecule is CC(=O)c1cc(Sc2ccccc2Cl)ccc1[N+](=O)[O-]. The summed E-state index contributed by atoms with van der Waals surface area (Å²) in [7, 11) is 0. The first-order valence-electron chi connectivity index (χ1n) is 5.71. The number of nitrogens with zero attached hydrogens (tertiary/aromatic N) is 1. The molecule has 2 aromatic rings. The normalized spacial score (nSPS) is 10.3. The van der Waals surface area contributed by atoms with Gasteiger partial charge >= 0.3 is 0 Å². The van der Waals surface area contributed by atoms with Crippen LogP contribution in [0.4, 0.5) is 5.69 Å². The van der Waals surface area contributed by atoms with Crippen LogP contribution in [0.15, 0.2) is 52.3 Å². The second kappa shape index (κ2) is 6.07. The molecule has 0 radical (unpaired) electrons. The lowest BCUT2D eigenvalue weighted by Gasteiger charge is -2.05. The zero-order chi connectivity index (χ0) is 14.7. The summed E-state index contributed by atoms with van der Waals surface area (Å²) in [5, 5.41) is 11.5. The van der Waals surface area contributed by atoms with Crippen LogP contribution < -0.4 is 0 Å². The second-order valence-electron chi connectivity index (χ2n) is 4.02. The van der Waals surface area contributed by atoms with Gasteiger partial charge in [0.1, 0.15) is 0 Å². The Morgan fingerprint density at radius 3 is 2.55 bits per heavy atom. The Bertz CT molecular complexity index is 688. The Balaban J connectivity index is 2.40. The molecular weight excluding hydrogens is 298 g/mol. The summed E-state index contributed by atoms with van der Waals surface area (Å²) in [6.45, 7) is 1.31. The minimum Gasteiger partial charge on any atom is -0.294 e. The summed E-state index contributed by atoms with van der Waals surface area (Å²) in [5.74, 6) is -0.335. The van der Waals surface area contributed by atoms with Crippen LogP contribution in [-0.2, 0) is 0 Å². The number of carbonyl (C=O) groups is 1. The minimum absolute atomic E-state index is 0.104. The molecule has 102 valence electrons. The summed E-state index contributed by atoms with van der Waals surface area (Å²) >= 11 is 7.42. The fraction of sp³-hybridized carbons (Fsp3) is 0.0714. The van der Waals surface area contributed by atoms with Crippen molar-refractivity contribution in [3.63, 3.8) is 0 Å². The van der Waals surface area contributed by atoms with E-state index >= 15 is 0 Å². The third kappa shape index (κ3) is 3.18. The number of carbonyl (C=O) groups excluding carboxylic acids is 1. The molecule has 0 N–H and O–H groups in total. The lowest BCUT2D eigenvalue weighted by Crippen LogP contribution is -2.00. The number of nitro groups is 1. The molecule has 0 unspecified atom stereocenters. The Kier molecular flexibility index (Phi) is 4.42. The Hall–Kier alpha value is -1.85. The fourth-order valence-electron chi connectivity index (χ4n) is 1.67. The zero-order valence-electron chi connectivity index (χ0n) is 10.5. The average molecular weight is 308 g/mol. The van der Waals surface area contributed by atoms with E-state index in [2.05, 4.69) is 0 Å². The molecular formula is C14H10ClNO3S. The van der Waals surface area contributed by atoms with Gasteiger partial charge in [0.25, 0.3) is 5.69 Å². The third-order valence-corrected chi connectivity index (χ3v) is 4.12. The summed E-state index contributed by atoms with van der Waals surface area (Å²) in [6, 6.07) is 11.8. The van der Waals surface area contributed by atoms with Crippen LogP contribution in [-0.4, -0.2) is 10.7 Å². The first kappa shape index (κ1) is 14.6. The smallest absolute Gasteiger partial charge is 0.280 e. The molecule has 0 saturated heterocycles. The van der Waals surface area contributed by atoms with E-state index < -0.39 is 4.92 Å². The van der Waals surface area contributed by atoms with Gasteiger partial charge in [0.05, 0.1) is 15.5 Å². The van der Waals surface area contributed by atoms with E-state index in [4.69, 9.17) is 11.6 Å². The van der Waals surface area contributed by atoms with Crippen LogP contribution in [0.3, 0.4) is 0 Å². The molecule has 4 nitrogen and oxygen atoms in total. The van der Waals surface area contributed by atoms with Gasteiger partial charge in [-0.25, -0.2) is 0 Å². The summed E-state index contributed by atoms with van der Waals surface area (Å²) in [6.07, 6.45) is 0. The highest BCUT2D eigenvalue weighted by Gasteiger charge is 2.18. The molecule has 0 aliphatic heterocycles. The molecule has 0 aliphatic rings. The molecule has 0 heterocycles. The van der Waals surface area contributed by atoms with Crippen LogP contribution in [0.1, 0.15) is 17.3 Å². The maximum absolute atomic E-state index is 11.5. The van der Waals surface area contributed by atoms with Gasteiger partial charge in [0, 0.05) is 15.9 Å². The van der Waals surface area contributed by atoms with Crippen molar-refractivity contribution in [1.29, 1.82) is 0 Å². The maximum atomic E-state index is 11.5. The van der Waals surface area contributed by atoms with Gasteiger partial charge in [0.2, 0.25) is 0 Å². The number of ketones is 1. The van der Waals surface area contributed by atoms with Gasteiger partial charge < -0.3 is 0 Å². The van der Waals surface area contributed by atoms with Gasteiger partial charge in [-0.05, 0) is 31.2 Å². The molecule has 2 aromatic carbocycles. The maximum Gasteiger partial charge on any atom is 0.280 e. The molecule has 2 rings (SSSR count). The molecule has 6 heteroatoms. The lowest BCUT2D eigenvalue weighted by molar-refractivity contribution is -0.385. The van der Waals surface area contributed by atoms with Crippen molar-refractivity contribution in [3.8, 4) is 0 Å². The number of Topliss-reactive ketones (excluding diaryl/α,β-unsaturated/α-hetero) is 1. The summed E-state index contributed by atoms with van der Waals surface area (Å²) in [4.78, 5) is 23.4. The number of rotatable bonds is 4. The molecule has 0 aliphatic carbocycles. The molecule has 0 amide bonds. The van der Waals surface area contributed by atoms with E-state index in [1.165, 1.54) is 30.8 Å². The Morgan fingerprint density at radius 1 is 1.25 bits per heavy atom. The number of nitro benzene ring substituents is 1. The third-order valence-electron chi connectivity index (χ3n) is 2.61. The molecule has 20 heavy (non-hydrogen) atoms. The fourth-order valence-corrected chi connectivity index (χ4v) is 2.80. The van der Waals surface area contributed by atoms with Crippen LogP contribution >= 0.6 is 23.4 Å². The Labute approximate surface area is 124 Å². The van der Waals surface area contributed by atoms with E-state index in [0.29, 0.717) is 5.02 Å². The monoisotopic (exact) mass is 307 g/mol. The molecule has 0 aromatic heterocycles. The van der Waals surface area contributed by atoms with Crippen LogP contribution in [0.5, 0.6) is 0 Å². The molecule has 0 saturated carbocycles. The van der Waals surface area contributed by atoms with Gasteiger partial charge in [-0.1, -0.05) is 35.5 Å². The Morgan fingerprint density at radius 2 is 1.95 bits per heavy atom. The number of halogens is 1. The van der Waals surface area contributed by atoms with Gasteiger partial charge in [-0.2, -0.15) is 0 Å². The standard InChI is InChI=1S/C14H10ClNO3S/c1-9(17)11-8-10(6-7-13(11)16(18)19)20-14-5-3-2-4-12(14)15/h2-8H,1H3. The minimum atomic E-state index is -0.555. The average Bonchev–Trinajstić information content (AvgIpc) is 2.41. The van der Waals surface area contributed by atoms with Crippen molar-refractivity contribution in [2.24, 2.45) is 0 Å². The highest BCUT2D eigenvalue weighted by molar-refractivity contribution is 7.99. The highest BCUT2D eigenvalue weighted by Crippen LogP contribution is 2.35. The van der Waals surface area contributed by atoms with Gasteiger partial charge in [-0.15, -0.1) is 0 Å². The van der Waals surface area contributed by atoms with Crippen molar-refractivity contribution in [2.45, 2.75) is 16.7 Å². The van der Waals surface area contributed by atoms with Crippen molar-refractivity contribution in [2.75, 3.05) is 0 Å². The molecule has 0 spiro atoms. The molecule has 0 bridgehead atoms. The number of hydrogen-bond acceptors (Lipinski definition) is 4. The van der Waals surface area contributed by atoms with E-state index in [0.717, 1.165) is 9.79 Å². The number of hydrogen-bond donors (Lipinski definition) is 0. The van der Waals surface area contributed by atoms with Gasteiger partial charge in [0.15, 0.2) is 5.78 Å². The summed E-state index contributed by atoms with van der Waals surface area (Å²) < 4.78 is 0. The van der Waals surface area contributed by atoms with Crippen molar-refractivity contribution < 1.29 is 9.72 Å². The van der Waals surface area contributed by atoms with Crippen molar-refractivity contribution in [3.05, 3.63) is 63.2 Å². The van der Waals surface area contributed by atoms with E-state index in [9.17, 15) is 14.9 Å². The number of benzene rings is 2. The van der Waals surface area contributed by atoms with Gasteiger partial charge in [-0.3, -0.25) is 14.9 Å². The lowest BCUT2D eigenvalue weighted by atomic mass is 10.1. The van der Waals surface area contributed by atoms with E-state index in [1.54, 1.807) is 12.1 Å². The van der Waals surface area contributed by atoms with E-state index in [1.807, 2.05) is 18.2 Å². The largest absolute Gasteiger partial charge is 0.294 e. The predicted octanol–water partition coefficient (Wildman–Crippen LogP) is 4.60. The van der Waals surface area contributed by atoms with E-state index in [-0.39, 0.29) is 17.0 Å². The van der Waals surface area contributed by atoms with Crippen LogP contribution in [0, 0.1) is 10.1 Å². The first-order valence-corrected chi connectivity index (χ1v) is 6.90.